The Kier molecular flexibility index (Phi) is 5.52. The number of halogens is 1. The third-order valence-corrected chi connectivity index (χ3v) is 8.47. The number of carbonyl (C=O) groups is 3. The smallest absolute Gasteiger partial charge is 0.248 e. The van der Waals surface area contributed by atoms with Crippen LogP contribution in [0.5, 0.6) is 0 Å². The molecule has 3 aliphatic rings. The molecule has 9 heteroatoms. The Morgan fingerprint density at radius 3 is 2.69 bits per heavy atom. The number of hydrogen-bond donors (Lipinski definition) is 3. The minimum atomic E-state index is -0.674. The highest BCUT2D eigenvalue weighted by atomic mass is 35.5. The van der Waals surface area contributed by atoms with Crippen LogP contribution in [0.1, 0.15) is 19.3 Å². The number of likely N-dealkylation sites (tertiary alicyclic amines) is 1. The Balaban J connectivity index is 1.68. The van der Waals surface area contributed by atoms with Crippen LogP contribution in [0.15, 0.2) is 24.3 Å². The quantitative estimate of drug-likeness (QED) is 0.626. The van der Waals surface area contributed by atoms with Gasteiger partial charge < -0.3 is 20.6 Å². The number of thioether (sulfide) groups is 1. The predicted octanol–water partition coefficient (Wildman–Crippen LogP) is 1.50. The summed E-state index contributed by atoms with van der Waals surface area (Å²) in [5, 5.41) is 15.5. The van der Waals surface area contributed by atoms with Gasteiger partial charge in [0.25, 0.3) is 0 Å². The second-order valence-electron chi connectivity index (χ2n) is 7.78. The van der Waals surface area contributed by atoms with E-state index in [1.807, 2.05) is 0 Å². The molecule has 3 heterocycles. The molecule has 1 aromatic carbocycles. The van der Waals surface area contributed by atoms with Gasteiger partial charge in [0.05, 0.1) is 16.6 Å². The third kappa shape index (κ3) is 3.21. The number of rotatable bonds is 6. The van der Waals surface area contributed by atoms with E-state index in [2.05, 4.69) is 10.6 Å². The first-order chi connectivity index (χ1) is 13.9. The summed E-state index contributed by atoms with van der Waals surface area (Å²) >= 11 is 7.55. The molecule has 3 fully saturated rings. The number of benzene rings is 1. The molecular formula is C20H24ClN3O4S. The Hall–Kier alpha value is -1.77. The number of aliphatic hydroxyl groups excluding tert-OH is 1. The summed E-state index contributed by atoms with van der Waals surface area (Å²) in [6, 6.07) is 6.15. The van der Waals surface area contributed by atoms with Gasteiger partial charge in [-0.3, -0.25) is 14.4 Å². The second kappa shape index (κ2) is 7.81. The van der Waals surface area contributed by atoms with E-state index >= 15 is 0 Å². The SMILES string of the molecule is CNC(=O)[C@@H]1[C@H]2C(=O)N(CCCO)C(C(=O)Nc3ccc(Cl)cc3)C23CC[C@H]1S3. The van der Waals surface area contributed by atoms with Crippen molar-refractivity contribution in [1.82, 2.24) is 10.2 Å². The maximum atomic E-state index is 13.4. The van der Waals surface area contributed by atoms with Crippen molar-refractivity contribution in [3.05, 3.63) is 29.3 Å². The highest BCUT2D eigenvalue weighted by Gasteiger charge is 2.73. The first-order valence-corrected chi connectivity index (χ1v) is 11.1. The summed E-state index contributed by atoms with van der Waals surface area (Å²) in [7, 11) is 1.58. The van der Waals surface area contributed by atoms with Crippen LogP contribution < -0.4 is 10.6 Å². The Morgan fingerprint density at radius 1 is 1.31 bits per heavy atom. The van der Waals surface area contributed by atoms with E-state index in [0.29, 0.717) is 17.1 Å². The summed E-state index contributed by atoms with van der Waals surface area (Å²) in [5.74, 6) is -1.48. The lowest BCUT2D eigenvalue weighted by Crippen LogP contribution is -2.51. The molecule has 1 aromatic rings. The number of aliphatic hydroxyl groups is 1. The predicted molar refractivity (Wildman–Crippen MR) is 112 cm³/mol. The Bertz CT molecular complexity index is 836. The second-order valence-corrected chi connectivity index (χ2v) is 9.81. The largest absolute Gasteiger partial charge is 0.396 e. The lowest BCUT2D eigenvalue weighted by molar-refractivity contribution is -0.139. The van der Waals surface area contributed by atoms with Crippen LogP contribution in [-0.4, -0.2) is 64.0 Å². The van der Waals surface area contributed by atoms with Crippen LogP contribution in [0.2, 0.25) is 5.02 Å². The zero-order valence-corrected chi connectivity index (χ0v) is 17.6. The van der Waals surface area contributed by atoms with Gasteiger partial charge in [0.15, 0.2) is 0 Å². The minimum Gasteiger partial charge on any atom is -0.396 e. The van der Waals surface area contributed by atoms with Crippen molar-refractivity contribution in [3.63, 3.8) is 0 Å². The standard InChI is InChI=1S/C20H24ClN3O4S/c1-22-17(26)14-13-7-8-20(29-13)15(14)19(28)24(9-2-10-25)16(20)18(27)23-12-5-3-11(21)4-6-12/h3-6,13-16,25H,2,7-10H2,1H3,(H,22,26)(H,23,27)/t13-,14+,15+,16?,20?/m1/s1. The highest BCUT2D eigenvalue weighted by molar-refractivity contribution is 8.02. The number of fused-ring (bicyclic) bond motifs is 1. The first-order valence-electron chi connectivity index (χ1n) is 9.80. The van der Waals surface area contributed by atoms with Crippen molar-refractivity contribution < 1.29 is 19.5 Å². The van der Waals surface area contributed by atoms with Gasteiger partial charge in [-0.25, -0.2) is 0 Å². The molecule has 0 aromatic heterocycles. The summed E-state index contributed by atoms with van der Waals surface area (Å²) < 4.78 is -0.606. The average molecular weight is 438 g/mol. The lowest BCUT2D eigenvalue weighted by atomic mass is 9.71. The van der Waals surface area contributed by atoms with E-state index in [4.69, 9.17) is 11.6 Å². The maximum Gasteiger partial charge on any atom is 0.248 e. The van der Waals surface area contributed by atoms with Gasteiger partial charge in [-0.2, -0.15) is 0 Å². The van der Waals surface area contributed by atoms with Crippen molar-refractivity contribution in [2.45, 2.75) is 35.3 Å². The van der Waals surface area contributed by atoms with Crippen LogP contribution in [0, 0.1) is 11.8 Å². The normalized spacial score (nSPS) is 32.4. The van der Waals surface area contributed by atoms with Gasteiger partial charge in [0, 0.05) is 36.2 Å². The van der Waals surface area contributed by atoms with Crippen LogP contribution in [-0.2, 0) is 14.4 Å². The summed E-state index contributed by atoms with van der Waals surface area (Å²) in [6.07, 6.45) is 1.92. The number of carbonyl (C=O) groups excluding carboxylic acids is 3. The lowest BCUT2D eigenvalue weighted by Gasteiger charge is -2.34. The van der Waals surface area contributed by atoms with E-state index in [0.717, 1.165) is 12.8 Å². The molecule has 4 rings (SSSR count). The van der Waals surface area contributed by atoms with E-state index in [-0.39, 0.29) is 36.1 Å². The van der Waals surface area contributed by atoms with E-state index in [1.165, 1.54) is 0 Å². The van der Waals surface area contributed by atoms with E-state index in [1.54, 1.807) is 48.0 Å². The fraction of sp³-hybridized carbons (Fsp3) is 0.550. The zero-order chi connectivity index (χ0) is 20.8. The zero-order valence-electron chi connectivity index (χ0n) is 16.1. The Labute approximate surface area is 178 Å². The van der Waals surface area contributed by atoms with Crippen LogP contribution in [0.4, 0.5) is 5.69 Å². The molecular weight excluding hydrogens is 414 g/mol. The number of amides is 3. The molecule has 3 N–H and O–H groups in total. The van der Waals surface area contributed by atoms with Crippen molar-refractivity contribution in [3.8, 4) is 0 Å². The van der Waals surface area contributed by atoms with Gasteiger partial charge in [0.1, 0.15) is 6.04 Å². The summed E-state index contributed by atoms with van der Waals surface area (Å²) in [4.78, 5) is 40.9. The molecule has 0 aliphatic carbocycles. The molecule has 0 saturated carbocycles. The number of nitrogens with one attached hydrogen (secondary N) is 2. The van der Waals surface area contributed by atoms with Crippen molar-refractivity contribution in [2.75, 3.05) is 25.5 Å². The van der Waals surface area contributed by atoms with Gasteiger partial charge in [0.2, 0.25) is 17.7 Å². The number of hydrogen-bond acceptors (Lipinski definition) is 5. The van der Waals surface area contributed by atoms with E-state index in [9.17, 15) is 19.5 Å². The van der Waals surface area contributed by atoms with Crippen molar-refractivity contribution in [1.29, 1.82) is 0 Å². The van der Waals surface area contributed by atoms with Crippen molar-refractivity contribution >= 4 is 46.8 Å². The first kappa shape index (κ1) is 20.5. The molecule has 2 unspecified atom stereocenters. The molecule has 3 saturated heterocycles. The molecule has 7 nitrogen and oxygen atoms in total. The highest BCUT2D eigenvalue weighted by Crippen LogP contribution is 2.66. The van der Waals surface area contributed by atoms with Gasteiger partial charge in [-0.15, -0.1) is 11.8 Å². The molecule has 1 spiro atoms. The third-order valence-electron chi connectivity index (χ3n) is 6.27. The van der Waals surface area contributed by atoms with Crippen LogP contribution in [0.25, 0.3) is 0 Å². The molecule has 29 heavy (non-hydrogen) atoms. The topological polar surface area (TPSA) is 98.7 Å². The van der Waals surface area contributed by atoms with Gasteiger partial charge >= 0.3 is 0 Å². The molecule has 2 bridgehead atoms. The monoisotopic (exact) mass is 437 g/mol. The Morgan fingerprint density at radius 2 is 2.03 bits per heavy atom. The van der Waals surface area contributed by atoms with Crippen LogP contribution >= 0.6 is 23.4 Å². The van der Waals surface area contributed by atoms with Gasteiger partial charge in [-0.1, -0.05) is 11.6 Å². The molecule has 3 amide bonds. The molecule has 0 radical (unpaired) electrons. The van der Waals surface area contributed by atoms with Gasteiger partial charge in [-0.05, 0) is 43.5 Å². The van der Waals surface area contributed by atoms with E-state index < -0.39 is 22.6 Å². The number of nitrogens with zero attached hydrogens (tertiary/aromatic N) is 1. The molecule has 3 aliphatic heterocycles. The fourth-order valence-corrected chi connectivity index (χ4v) is 7.49. The molecule has 156 valence electrons. The summed E-state index contributed by atoms with van der Waals surface area (Å²) in [6.45, 7) is 0.222. The maximum absolute atomic E-state index is 13.4. The minimum absolute atomic E-state index is 0.0507. The summed E-state index contributed by atoms with van der Waals surface area (Å²) in [5.41, 5.74) is 0.606. The molecule has 5 atom stereocenters. The van der Waals surface area contributed by atoms with Crippen molar-refractivity contribution in [2.24, 2.45) is 11.8 Å². The van der Waals surface area contributed by atoms with Crippen LogP contribution in [0.3, 0.4) is 0 Å². The number of anilines is 1. The average Bonchev–Trinajstić information content (AvgIpc) is 3.35. The fourth-order valence-electron chi connectivity index (χ4n) is 5.15.